The molecule has 4 saturated heterocycles. The highest BCUT2D eigenvalue weighted by molar-refractivity contribution is 5.91. The number of hydrogen-bond donors (Lipinski definition) is 2. The minimum atomic E-state index is -2.87. The molecule has 0 amide bonds. The third kappa shape index (κ3) is 9.13. The third-order valence-corrected chi connectivity index (χ3v) is 13.6. The van der Waals surface area contributed by atoms with E-state index in [0.717, 1.165) is 73.8 Å². The zero-order chi connectivity index (χ0) is 46.4. The number of nitrogens with zero attached hydrogens (tertiary/aromatic N) is 10. The molecule has 4 aromatic heterocycles. The second-order valence-electron chi connectivity index (χ2n) is 18.0. The van der Waals surface area contributed by atoms with Crippen LogP contribution in [0.5, 0.6) is 0 Å². The van der Waals surface area contributed by atoms with E-state index in [1.807, 2.05) is 12.1 Å². The summed E-state index contributed by atoms with van der Waals surface area (Å²) in [7, 11) is 2.17. The average molecular weight is 913 g/mol. The van der Waals surface area contributed by atoms with Crippen molar-refractivity contribution in [3.05, 3.63) is 106 Å². The Bertz CT molecular complexity index is 2570. The lowest BCUT2D eigenvalue weighted by atomic mass is 10.0. The lowest BCUT2D eigenvalue weighted by Gasteiger charge is -2.38. The Hall–Kier alpha value is -5.88. The van der Waals surface area contributed by atoms with E-state index in [9.17, 15) is 26.3 Å². The minimum absolute atomic E-state index is 0.168. The summed E-state index contributed by atoms with van der Waals surface area (Å²) < 4.78 is 82.1. The number of rotatable bonds is 10. The van der Waals surface area contributed by atoms with E-state index in [-0.39, 0.29) is 11.1 Å². The second-order valence-corrected chi connectivity index (χ2v) is 18.0. The van der Waals surface area contributed by atoms with Crippen molar-refractivity contribution in [2.45, 2.75) is 84.0 Å². The van der Waals surface area contributed by atoms with Gasteiger partial charge in [-0.25, -0.2) is 56.2 Å². The molecule has 5 atom stereocenters. The number of pyridine rings is 2. The van der Waals surface area contributed by atoms with Gasteiger partial charge in [-0.2, -0.15) is 0 Å². The van der Waals surface area contributed by atoms with Crippen LogP contribution in [0.2, 0.25) is 0 Å². The Balaban J connectivity index is 0.000000166. The molecule has 4 aliphatic heterocycles. The smallest absolute Gasteiger partial charge is 0.266 e. The Labute approximate surface area is 379 Å². The molecule has 0 bridgehead atoms. The van der Waals surface area contributed by atoms with Gasteiger partial charge < -0.3 is 25.3 Å². The van der Waals surface area contributed by atoms with Gasteiger partial charge in [0, 0.05) is 66.7 Å². The van der Waals surface area contributed by atoms with Crippen molar-refractivity contribution in [3.8, 4) is 0 Å². The van der Waals surface area contributed by atoms with E-state index in [0.29, 0.717) is 52.3 Å². The average Bonchev–Trinajstić information content (AvgIpc) is 4.03. The van der Waals surface area contributed by atoms with Crippen LogP contribution in [-0.2, 0) is 0 Å². The number of likely N-dealkylation sites (tertiary alicyclic amines) is 1. The van der Waals surface area contributed by atoms with E-state index in [2.05, 4.69) is 67.2 Å². The summed E-state index contributed by atoms with van der Waals surface area (Å²) in [5.74, 6) is 2.75. The predicted octanol–water partition coefficient (Wildman–Crippen LogP) is 9.59. The molecule has 2 N–H and O–H groups in total. The van der Waals surface area contributed by atoms with Crippen LogP contribution >= 0.6 is 0 Å². The summed E-state index contributed by atoms with van der Waals surface area (Å²) in [5.41, 5.74) is 0.510. The first-order chi connectivity index (χ1) is 31.7. The maximum atomic E-state index is 14.7. The van der Waals surface area contributed by atoms with E-state index in [4.69, 9.17) is 0 Å². The fourth-order valence-corrected chi connectivity index (χ4v) is 10.1. The molecule has 10 rings (SSSR count). The van der Waals surface area contributed by atoms with E-state index in [1.54, 1.807) is 40.1 Å². The molecule has 0 aliphatic carbocycles. The van der Waals surface area contributed by atoms with Crippen molar-refractivity contribution in [2.24, 2.45) is 5.92 Å². The zero-order valence-corrected chi connectivity index (χ0v) is 37.6. The van der Waals surface area contributed by atoms with Crippen LogP contribution < -0.4 is 20.4 Å². The summed E-state index contributed by atoms with van der Waals surface area (Å²) in [4.78, 5) is 36.9. The van der Waals surface area contributed by atoms with E-state index >= 15 is 0 Å². The largest absolute Gasteiger partial charge is 0.363 e. The second kappa shape index (κ2) is 18.8. The molecule has 0 spiro atoms. The van der Waals surface area contributed by atoms with Gasteiger partial charge in [-0.3, -0.25) is 4.90 Å². The van der Waals surface area contributed by atoms with Gasteiger partial charge in [0.2, 0.25) is 0 Å². The first-order valence-electron chi connectivity index (χ1n) is 22.6. The molecular weight excluding hydrogens is 859 g/mol. The van der Waals surface area contributed by atoms with Crippen molar-refractivity contribution < 1.29 is 26.3 Å². The Kier molecular flexibility index (Phi) is 12.9. The quantitative estimate of drug-likeness (QED) is 0.128. The number of anilines is 4. The van der Waals surface area contributed by atoms with Crippen LogP contribution in [0, 0.1) is 31.4 Å². The monoisotopic (exact) mass is 912 g/mol. The van der Waals surface area contributed by atoms with Crippen molar-refractivity contribution in [1.29, 1.82) is 0 Å². The Morgan fingerprint density at radius 2 is 1.15 bits per heavy atom. The number of halogens is 6. The van der Waals surface area contributed by atoms with Gasteiger partial charge in [-0.1, -0.05) is 36.4 Å². The summed E-state index contributed by atoms with van der Waals surface area (Å²) >= 11 is 0. The lowest BCUT2D eigenvalue weighted by molar-refractivity contribution is 0.145. The van der Waals surface area contributed by atoms with Crippen LogP contribution in [-0.4, -0.2) is 105 Å². The first-order valence-corrected chi connectivity index (χ1v) is 22.6. The number of likely N-dealkylation sites (N-methyl/N-ethyl adjacent to an activating group) is 1. The van der Waals surface area contributed by atoms with E-state index < -0.39 is 47.7 Å². The van der Waals surface area contributed by atoms with Crippen molar-refractivity contribution in [3.63, 3.8) is 0 Å². The number of aryl methyl sites for hydroxylation is 2. The molecule has 18 heteroatoms. The van der Waals surface area contributed by atoms with Crippen LogP contribution in [0.3, 0.4) is 0 Å². The van der Waals surface area contributed by atoms with Crippen molar-refractivity contribution >= 4 is 45.1 Å². The summed E-state index contributed by atoms with van der Waals surface area (Å²) in [6.07, 6.45) is 1.40. The van der Waals surface area contributed by atoms with Gasteiger partial charge in [-0.05, 0) is 85.1 Å². The fraction of sp³-hybridized carbons (Fsp3) is 0.458. The lowest BCUT2D eigenvalue weighted by Crippen LogP contribution is -2.50. The summed E-state index contributed by atoms with van der Waals surface area (Å²) in [6, 6.07) is 12.1. The molecule has 6 aromatic rings. The molecular formula is C48H54F6N12. The Morgan fingerprint density at radius 3 is 1.68 bits per heavy atom. The predicted molar refractivity (Wildman–Crippen MR) is 244 cm³/mol. The van der Waals surface area contributed by atoms with Crippen LogP contribution in [0.25, 0.3) is 21.8 Å². The Morgan fingerprint density at radius 1 is 0.621 bits per heavy atom. The molecule has 0 unspecified atom stereocenters. The van der Waals surface area contributed by atoms with E-state index in [1.165, 1.54) is 50.1 Å². The molecule has 12 nitrogen and oxygen atoms in total. The topological polar surface area (TPSA) is 114 Å². The maximum absolute atomic E-state index is 14.7. The number of aromatic nitrogens is 6. The van der Waals surface area contributed by atoms with Gasteiger partial charge in [0.25, 0.3) is 12.9 Å². The normalized spacial score (nSPS) is 20.8. The summed E-state index contributed by atoms with van der Waals surface area (Å²) in [6.45, 7) is 14.1. The number of hydrogen-bond acceptors (Lipinski definition) is 12. The van der Waals surface area contributed by atoms with Crippen molar-refractivity contribution in [1.82, 2.24) is 39.7 Å². The number of piperazine rings is 1. The van der Waals surface area contributed by atoms with Gasteiger partial charge in [0.05, 0.1) is 46.6 Å². The van der Waals surface area contributed by atoms with Crippen LogP contribution in [0.1, 0.15) is 91.9 Å². The number of alkyl halides is 4. The van der Waals surface area contributed by atoms with Gasteiger partial charge >= 0.3 is 0 Å². The first kappa shape index (κ1) is 45.3. The van der Waals surface area contributed by atoms with Crippen LogP contribution in [0.4, 0.5) is 49.6 Å². The van der Waals surface area contributed by atoms with Gasteiger partial charge in [-0.15, -0.1) is 0 Å². The molecule has 2 aromatic carbocycles. The molecule has 4 fully saturated rings. The number of fused-ring (bicyclic) bond motifs is 4. The standard InChI is InChI=1S/2C24H27F3N6/c1-13(16-5-4-6-17(22(16)25)23(26)27)29-24-18-9-21(28-10-19(18)30-14(2)31-24)33-11-15-7-8-32(3)20(15)12-33;1-14(17-6-3-7-18(22(17)25)23(26)27)29-24-19-11-21(28-12-20(19)30-15(2)31-24)33-10-9-32-8-4-5-16(32)13-33/h4-6,9-10,13,15,20,23H,7-8,11-12H2,1-3H3,(H,29,30,31);3,6-7,11-12,14,16,23H,4-5,8-10,13H2,1-2H3,(H,29,30,31)/t13-,15-,20+;14-,16+/m11/s1. The molecule has 4 aliphatic rings. The molecule has 8 heterocycles. The van der Waals surface area contributed by atoms with Crippen LogP contribution in [0.15, 0.2) is 60.9 Å². The van der Waals surface area contributed by atoms with Gasteiger partial charge in [0.1, 0.15) is 46.6 Å². The number of nitrogens with one attached hydrogen (secondary N) is 2. The summed E-state index contributed by atoms with van der Waals surface area (Å²) in [5, 5.41) is 8.00. The minimum Gasteiger partial charge on any atom is -0.363 e. The number of benzene rings is 2. The van der Waals surface area contributed by atoms with Crippen molar-refractivity contribution in [2.75, 3.05) is 73.3 Å². The van der Waals surface area contributed by atoms with Gasteiger partial charge in [0.15, 0.2) is 0 Å². The highest BCUT2D eigenvalue weighted by atomic mass is 19.3. The zero-order valence-electron chi connectivity index (χ0n) is 37.6. The molecule has 348 valence electrons. The molecule has 0 radical (unpaired) electrons. The molecule has 66 heavy (non-hydrogen) atoms. The highest BCUT2D eigenvalue weighted by Gasteiger charge is 2.40. The molecule has 0 saturated carbocycles. The highest BCUT2D eigenvalue weighted by Crippen LogP contribution is 2.36. The fourth-order valence-electron chi connectivity index (χ4n) is 10.1. The third-order valence-electron chi connectivity index (χ3n) is 13.6. The maximum Gasteiger partial charge on any atom is 0.266 e. The SMILES string of the molecule is Cc1nc(N[C@H](C)c2cccc(C(F)F)c2F)c2cc(N3CCN4CCC[C@H]4C3)ncc2n1.Cc1nc(N[C@H](C)c2cccc(C(F)F)c2F)c2cc(N3C[C@H]4CCN(C)[C@H]4C3)ncc2n1.